The molecule has 0 atom stereocenters. The van der Waals surface area contributed by atoms with Crippen molar-refractivity contribution < 1.29 is 0 Å². The number of anilines is 1. The Kier molecular flexibility index (Phi) is 3.06. The van der Waals surface area contributed by atoms with Crippen LogP contribution in [0.25, 0.3) is 11.4 Å². The van der Waals surface area contributed by atoms with E-state index in [1.54, 1.807) is 0 Å². The lowest BCUT2D eigenvalue weighted by Crippen LogP contribution is -2.10. The van der Waals surface area contributed by atoms with E-state index in [0.29, 0.717) is 11.6 Å². The van der Waals surface area contributed by atoms with Gasteiger partial charge in [0.15, 0.2) is 5.82 Å². The molecule has 2 aromatic rings. The second-order valence-corrected chi connectivity index (χ2v) is 4.18. The number of nitrogen functional groups attached to an aromatic ring is 1. The fourth-order valence-electron chi connectivity index (χ4n) is 1.74. The second-order valence-electron chi connectivity index (χ2n) is 4.18. The third-order valence-corrected chi connectivity index (χ3v) is 2.64. The summed E-state index contributed by atoms with van der Waals surface area (Å²) in [6, 6.07) is 8.06. The molecule has 0 aliphatic heterocycles. The Morgan fingerprint density at radius 2 is 1.82 bits per heavy atom. The molecule has 1 aromatic carbocycles. The molecule has 4 heteroatoms. The maximum Gasteiger partial charge on any atom is 0.162 e. The van der Waals surface area contributed by atoms with E-state index in [-0.39, 0.29) is 0 Å². The Labute approximate surface area is 101 Å². The van der Waals surface area contributed by atoms with Gasteiger partial charge in [0.1, 0.15) is 5.82 Å². The van der Waals surface area contributed by atoms with E-state index in [1.807, 2.05) is 13.0 Å². The monoisotopic (exact) mass is 228 g/mol. The van der Waals surface area contributed by atoms with Gasteiger partial charge in [-0.1, -0.05) is 17.7 Å². The number of aryl methyl sites for hydroxylation is 3. The second kappa shape index (κ2) is 4.51. The third kappa shape index (κ3) is 2.42. The van der Waals surface area contributed by atoms with Gasteiger partial charge in [-0.25, -0.2) is 15.8 Å². The van der Waals surface area contributed by atoms with Crippen LogP contribution in [0.15, 0.2) is 24.3 Å². The van der Waals surface area contributed by atoms with Crippen molar-refractivity contribution in [2.24, 2.45) is 5.84 Å². The number of hydrazine groups is 1. The van der Waals surface area contributed by atoms with Crippen molar-refractivity contribution in [1.82, 2.24) is 9.97 Å². The SMILES string of the molecule is Cc1ccc(C)c(-c2nc(C)cc(NN)n2)c1. The first-order valence-corrected chi connectivity index (χ1v) is 5.50. The van der Waals surface area contributed by atoms with Crippen LogP contribution < -0.4 is 11.3 Å². The average Bonchev–Trinajstić information content (AvgIpc) is 2.31. The Morgan fingerprint density at radius 3 is 2.53 bits per heavy atom. The van der Waals surface area contributed by atoms with E-state index < -0.39 is 0 Å². The highest BCUT2D eigenvalue weighted by Gasteiger charge is 2.07. The van der Waals surface area contributed by atoms with Gasteiger partial charge in [-0.2, -0.15) is 0 Å². The fraction of sp³-hybridized carbons (Fsp3) is 0.231. The highest BCUT2D eigenvalue weighted by Crippen LogP contribution is 2.22. The Bertz CT molecular complexity index is 549. The molecule has 1 heterocycles. The number of nitrogens with one attached hydrogen (secondary N) is 1. The number of rotatable bonds is 2. The van der Waals surface area contributed by atoms with Crippen molar-refractivity contribution in [1.29, 1.82) is 0 Å². The molecule has 88 valence electrons. The number of nitrogens with two attached hydrogens (primary N) is 1. The molecule has 0 saturated heterocycles. The minimum Gasteiger partial charge on any atom is -0.308 e. The Hall–Kier alpha value is -1.94. The van der Waals surface area contributed by atoms with E-state index in [9.17, 15) is 0 Å². The summed E-state index contributed by atoms with van der Waals surface area (Å²) in [5.74, 6) is 6.73. The van der Waals surface area contributed by atoms with Gasteiger partial charge in [0.25, 0.3) is 0 Å². The molecule has 0 aliphatic rings. The largest absolute Gasteiger partial charge is 0.308 e. The minimum atomic E-state index is 0.633. The van der Waals surface area contributed by atoms with E-state index in [1.165, 1.54) is 5.56 Å². The molecular formula is C13H16N4. The predicted molar refractivity (Wildman–Crippen MR) is 69.5 cm³/mol. The van der Waals surface area contributed by atoms with Crippen LogP contribution in [0.3, 0.4) is 0 Å². The summed E-state index contributed by atoms with van der Waals surface area (Å²) in [5.41, 5.74) is 6.85. The quantitative estimate of drug-likeness (QED) is 0.611. The number of hydrogen-bond acceptors (Lipinski definition) is 4. The van der Waals surface area contributed by atoms with Crippen molar-refractivity contribution in [3.05, 3.63) is 41.1 Å². The maximum absolute atomic E-state index is 5.39. The standard InChI is InChI=1S/C13H16N4/c1-8-4-5-9(2)11(6-8)13-15-10(3)7-12(16-13)17-14/h4-7H,14H2,1-3H3,(H,15,16,17). The first-order valence-electron chi connectivity index (χ1n) is 5.50. The maximum atomic E-state index is 5.39. The molecule has 0 aliphatic carbocycles. The van der Waals surface area contributed by atoms with Gasteiger partial charge in [-0.05, 0) is 32.4 Å². The van der Waals surface area contributed by atoms with Gasteiger partial charge in [0, 0.05) is 17.3 Å². The van der Waals surface area contributed by atoms with E-state index in [4.69, 9.17) is 5.84 Å². The van der Waals surface area contributed by atoms with Crippen LogP contribution in [-0.2, 0) is 0 Å². The molecule has 0 amide bonds. The molecule has 0 spiro atoms. The van der Waals surface area contributed by atoms with Crippen molar-refractivity contribution in [3.63, 3.8) is 0 Å². The van der Waals surface area contributed by atoms with Crippen LogP contribution >= 0.6 is 0 Å². The number of aromatic nitrogens is 2. The Morgan fingerprint density at radius 1 is 1.06 bits per heavy atom. The van der Waals surface area contributed by atoms with Gasteiger partial charge in [-0.15, -0.1) is 0 Å². The zero-order chi connectivity index (χ0) is 12.4. The van der Waals surface area contributed by atoms with Crippen LogP contribution in [0.4, 0.5) is 5.82 Å². The third-order valence-electron chi connectivity index (χ3n) is 2.64. The highest BCUT2D eigenvalue weighted by molar-refractivity contribution is 5.62. The first-order chi connectivity index (χ1) is 8.10. The minimum absolute atomic E-state index is 0.633. The van der Waals surface area contributed by atoms with E-state index in [2.05, 4.69) is 47.4 Å². The summed E-state index contributed by atoms with van der Waals surface area (Å²) in [5, 5.41) is 0. The molecule has 4 nitrogen and oxygen atoms in total. The van der Waals surface area contributed by atoms with Crippen LogP contribution in [0, 0.1) is 20.8 Å². The van der Waals surface area contributed by atoms with Crippen molar-refractivity contribution in [2.75, 3.05) is 5.43 Å². The fourth-order valence-corrected chi connectivity index (χ4v) is 1.74. The van der Waals surface area contributed by atoms with Gasteiger partial charge >= 0.3 is 0 Å². The van der Waals surface area contributed by atoms with Crippen molar-refractivity contribution in [2.45, 2.75) is 20.8 Å². The zero-order valence-electron chi connectivity index (χ0n) is 10.3. The van der Waals surface area contributed by atoms with Gasteiger partial charge in [0.05, 0.1) is 0 Å². The molecule has 0 bridgehead atoms. The van der Waals surface area contributed by atoms with Crippen LogP contribution in [0.2, 0.25) is 0 Å². The van der Waals surface area contributed by atoms with Gasteiger partial charge < -0.3 is 5.43 Å². The lowest BCUT2D eigenvalue weighted by molar-refractivity contribution is 1.09. The number of nitrogens with zero attached hydrogens (tertiary/aromatic N) is 2. The van der Waals surface area contributed by atoms with E-state index >= 15 is 0 Å². The summed E-state index contributed by atoms with van der Waals surface area (Å²) in [7, 11) is 0. The topological polar surface area (TPSA) is 63.8 Å². The number of hydrogen-bond donors (Lipinski definition) is 2. The summed E-state index contributed by atoms with van der Waals surface area (Å²) >= 11 is 0. The Balaban J connectivity index is 2.59. The van der Waals surface area contributed by atoms with Crippen molar-refractivity contribution in [3.8, 4) is 11.4 Å². The molecule has 2 rings (SSSR count). The highest BCUT2D eigenvalue weighted by atomic mass is 15.3. The summed E-state index contributed by atoms with van der Waals surface area (Å²) < 4.78 is 0. The van der Waals surface area contributed by atoms with Crippen LogP contribution in [0.1, 0.15) is 16.8 Å². The van der Waals surface area contributed by atoms with Gasteiger partial charge in [-0.3, -0.25) is 0 Å². The van der Waals surface area contributed by atoms with Crippen LogP contribution in [-0.4, -0.2) is 9.97 Å². The first kappa shape index (κ1) is 11.5. The van der Waals surface area contributed by atoms with Crippen molar-refractivity contribution >= 4 is 5.82 Å². The lowest BCUT2D eigenvalue weighted by atomic mass is 10.1. The van der Waals surface area contributed by atoms with Crippen LogP contribution in [0.5, 0.6) is 0 Å². The molecule has 3 N–H and O–H groups in total. The lowest BCUT2D eigenvalue weighted by Gasteiger charge is -2.08. The molecule has 0 saturated carbocycles. The molecule has 0 unspecified atom stereocenters. The molecular weight excluding hydrogens is 212 g/mol. The summed E-state index contributed by atoms with van der Waals surface area (Å²) in [6.45, 7) is 6.04. The molecule has 0 radical (unpaired) electrons. The average molecular weight is 228 g/mol. The summed E-state index contributed by atoms with van der Waals surface area (Å²) in [6.07, 6.45) is 0. The molecule has 0 fully saturated rings. The van der Waals surface area contributed by atoms with E-state index in [0.717, 1.165) is 16.8 Å². The molecule has 17 heavy (non-hydrogen) atoms. The zero-order valence-corrected chi connectivity index (χ0v) is 10.3. The predicted octanol–water partition coefficient (Wildman–Crippen LogP) is 2.35. The summed E-state index contributed by atoms with van der Waals surface area (Å²) in [4.78, 5) is 8.82. The normalized spacial score (nSPS) is 10.4. The molecule has 1 aromatic heterocycles. The van der Waals surface area contributed by atoms with Gasteiger partial charge in [0.2, 0.25) is 0 Å². The number of benzene rings is 1. The smallest absolute Gasteiger partial charge is 0.162 e.